The summed E-state index contributed by atoms with van der Waals surface area (Å²) in [6.07, 6.45) is 3.59. The highest BCUT2D eigenvalue weighted by atomic mass is 35.5. The molecule has 2 atom stereocenters. The number of benzene rings is 1. The Hall–Kier alpha value is -0.780. The van der Waals surface area contributed by atoms with E-state index in [1.807, 2.05) is 31.2 Å². The Balaban J connectivity index is 1.98. The molecule has 21 heavy (non-hydrogen) atoms. The second kappa shape index (κ2) is 5.78. The van der Waals surface area contributed by atoms with E-state index in [1.54, 1.807) is 8.61 Å². The third-order valence-electron chi connectivity index (χ3n) is 4.44. The molecule has 6 heteroatoms. The lowest BCUT2D eigenvalue weighted by Gasteiger charge is -2.38. The molecular formula is C15H21ClN2O2S. The van der Waals surface area contributed by atoms with Gasteiger partial charge in [0.05, 0.1) is 5.69 Å². The first kappa shape index (κ1) is 15.1. The smallest absolute Gasteiger partial charge is 0.254 e. The van der Waals surface area contributed by atoms with E-state index in [2.05, 4.69) is 0 Å². The van der Waals surface area contributed by atoms with Gasteiger partial charge in [-0.3, -0.25) is 4.31 Å². The van der Waals surface area contributed by atoms with Crippen LogP contribution in [0.5, 0.6) is 0 Å². The highest BCUT2D eigenvalue weighted by Gasteiger charge is 2.41. The van der Waals surface area contributed by atoms with Crippen molar-refractivity contribution in [1.82, 2.24) is 4.31 Å². The molecule has 1 aromatic carbocycles. The van der Waals surface area contributed by atoms with Crippen LogP contribution in [0.2, 0.25) is 0 Å². The Morgan fingerprint density at radius 1 is 1.29 bits per heavy atom. The van der Waals surface area contributed by atoms with Gasteiger partial charge in [-0.2, -0.15) is 12.7 Å². The first-order valence-electron chi connectivity index (χ1n) is 7.50. The average Bonchev–Trinajstić information content (AvgIpc) is 2.83. The molecule has 0 aliphatic carbocycles. The lowest BCUT2D eigenvalue weighted by Crippen LogP contribution is -2.52. The highest BCUT2D eigenvalue weighted by Crippen LogP contribution is 2.36. The SMILES string of the molecule is CC1Cc2ccccc2N1S(=O)(=O)N1CCCCC1CCl. The van der Waals surface area contributed by atoms with Gasteiger partial charge >= 0.3 is 10.2 Å². The fourth-order valence-electron chi connectivity index (χ4n) is 3.43. The van der Waals surface area contributed by atoms with Crippen LogP contribution in [-0.4, -0.2) is 37.2 Å². The number of hydrogen-bond donors (Lipinski definition) is 0. The second-order valence-electron chi connectivity index (χ2n) is 5.90. The summed E-state index contributed by atoms with van der Waals surface area (Å²) in [5, 5.41) is 0. The van der Waals surface area contributed by atoms with E-state index in [0.717, 1.165) is 36.9 Å². The molecule has 0 aromatic heterocycles. The zero-order valence-corrected chi connectivity index (χ0v) is 13.8. The Morgan fingerprint density at radius 2 is 2.05 bits per heavy atom. The zero-order chi connectivity index (χ0) is 15.0. The summed E-state index contributed by atoms with van der Waals surface area (Å²) in [7, 11) is -3.50. The zero-order valence-electron chi connectivity index (χ0n) is 12.2. The third kappa shape index (κ3) is 2.56. The molecular weight excluding hydrogens is 308 g/mol. The molecule has 2 aliphatic rings. The number of hydrogen-bond acceptors (Lipinski definition) is 2. The minimum absolute atomic E-state index is 0.0368. The first-order valence-corrected chi connectivity index (χ1v) is 9.44. The molecule has 1 fully saturated rings. The Labute approximate surface area is 131 Å². The summed E-state index contributed by atoms with van der Waals surface area (Å²) in [5.41, 5.74) is 1.93. The molecule has 4 nitrogen and oxygen atoms in total. The Kier molecular flexibility index (Phi) is 4.17. The molecule has 116 valence electrons. The van der Waals surface area contributed by atoms with E-state index >= 15 is 0 Å². The molecule has 0 bridgehead atoms. The van der Waals surface area contributed by atoms with Crippen LogP contribution in [0.3, 0.4) is 0 Å². The van der Waals surface area contributed by atoms with Crippen LogP contribution in [0.25, 0.3) is 0 Å². The topological polar surface area (TPSA) is 40.6 Å². The quantitative estimate of drug-likeness (QED) is 0.800. The van der Waals surface area contributed by atoms with Crippen LogP contribution in [-0.2, 0) is 16.6 Å². The van der Waals surface area contributed by atoms with Crippen molar-refractivity contribution in [3.05, 3.63) is 29.8 Å². The molecule has 0 saturated carbocycles. The van der Waals surface area contributed by atoms with Gasteiger partial charge in [0.1, 0.15) is 0 Å². The summed E-state index contributed by atoms with van der Waals surface area (Å²) >= 11 is 6.00. The van der Waals surface area contributed by atoms with Gasteiger partial charge in [0.25, 0.3) is 0 Å². The van der Waals surface area contributed by atoms with Crippen LogP contribution >= 0.6 is 11.6 Å². The summed E-state index contributed by atoms with van der Waals surface area (Å²) in [6, 6.07) is 7.65. The van der Waals surface area contributed by atoms with Crippen molar-refractivity contribution in [3.63, 3.8) is 0 Å². The Morgan fingerprint density at radius 3 is 2.81 bits per heavy atom. The van der Waals surface area contributed by atoms with Gasteiger partial charge in [0.15, 0.2) is 0 Å². The van der Waals surface area contributed by atoms with Gasteiger partial charge in [-0.25, -0.2) is 0 Å². The molecule has 2 unspecified atom stereocenters. The number of anilines is 1. The van der Waals surface area contributed by atoms with Crippen LogP contribution < -0.4 is 4.31 Å². The summed E-state index contributed by atoms with van der Waals surface area (Å²) in [6.45, 7) is 2.54. The largest absolute Gasteiger partial charge is 0.304 e. The van der Waals surface area contributed by atoms with Gasteiger partial charge in [0.2, 0.25) is 0 Å². The van der Waals surface area contributed by atoms with Gasteiger partial charge in [-0.15, -0.1) is 11.6 Å². The van der Waals surface area contributed by atoms with Crippen LogP contribution in [0.15, 0.2) is 24.3 Å². The minimum Gasteiger partial charge on any atom is -0.254 e. The van der Waals surface area contributed by atoms with Crippen molar-refractivity contribution in [3.8, 4) is 0 Å². The average molecular weight is 329 g/mol. The molecule has 0 radical (unpaired) electrons. The molecule has 1 saturated heterocycles. The lowest BCUT2D eigenvalue weighted by molar-refractivity contribution is 0.270. The lowest BCUT2D eigenvalue weighted by atomic mass is 10.1. The maximum absolute atomic E-state index is 13.1. The van der Waals surface area contributed by atoms with E-state index in [-0.39, 0.29) is 12.1 Å². The maximum Gasteiger partial charge on any atom is 0.304 e. The number of para-hydroxylation sites is 1. The number of halogens is 1. The minimum atomic E-state index is -3.50. The van der Waals surface area contributed by atoms with Crippen LogP contribution in [0.1, 0.15) is 31.7 Å². The number of rotatable bonds is 3. The number of fused-ring (bicyclic) bond motifs is 1. The fourth-order valence-corrected chi connectivity index (χ4v) is 5.93. The van der Waals surface area contributed by atoms with E-state index in [4.69, 9.17) is 11.6 Å². The van der Waals surface area contributed by atoms with Gasteiger partial charge in [-0.1, -0.05) is 24.6 Å². The number of nitrogens with zero attached hydrogens (tertiary/aromatic N) is 2. The summed E-state index contributed by atoms with van der Waals surface area (Å²) in [5.74, 6) is 0.364. The highest BCUT2D eigenvalue weighted by molar-refractivity contribution is 7.90. The molecule has 0 amide bonds. The van der Waals surface area contributed by atoms with E-state index in [9.17, 15) is 8.42 Å². The Bertz CT molecular complexity index is 620. The predicted octanol–water partition coefficient (Wildman–Crippen LogP) is 2.78. The normalized spacial score (nSPS) is 26.9. The van der Waals surface area contributed by atoms with Crippen molar-refractivity contribution >= 4 is 27.5 Å². The van der Waals surface area contributed by atoms with Gasteiger partial charge in [-0.05, 0) is 37.8 Å². The number of alkyl halides is 1. The monoisotopic (exact) mass is 328 g/mol. The van der Waals surface area contributed by atoms with E-state index < -0.39 is 10.2 Å². The third-order valence-corrected chi connectivity index (χ3v) is 6.92. The predicted molar refractivity (Wildman–Crippen MR) is 86.1 cm³/mol. The van der Waals surface area contributed by atoms with Crippen LogP contribution in [0.4, 0.5) is 5.69 Å². The van der Waals surface area contributed by atoms with E-state index in [0.29, 0.717) is 12.4 Å². The molecule has 3 rings (SSSR count). The summed E-state index contributed by atoms with van der Waals surface area (Å²) in [4.78, 5) is 0. The van der Waals surface area contributed by atoms with Crippen molar-refractivity contribution in [2.24, 2.45) is 0 Å². The molecule has 2 heterocycles. The number of piperidine rings is 1. The van der Waals surface area contributed by atoms with Crippen molar-refractivity contribution in [2.45, 2.75) is 44.7 Å². The molecule has 0 spiro atoms. The standard InChI is InChI=1S/C15H21ClN2O2S/c1-12-10-13-6-2-3-8-15(13)18(12)21(19,20)17-9-5-4-7-14(17)11-16/h2-3,6,8,12,14H,4-5,7,9-11H2,1H3. The molecule has 1 aromatic rings. The van der Waals surface area contributed by atoms with Crippen molar-refractivity contribution in [1.29, 1.82) is 0 Å². The van der Waals surface area contributed by atoms with Crippen molar-refractivity contribution in [2.75, 3.05) is 16.7 Å². The molecule has 2 aliphatic heterocycles. The van der Waals surface area contributed by atoms with Gasteiger partial charge in [0, 0.05) is 24.5 Å². The fraction of sp³-hybridized carbons (Fsp3) is 0.600. The van der Waals surface area contributed by atoms with E-state index in [1.165, 1.54) is 0 Å². The second-order valence-corrected chi connectivity index (χ2v) is 7.97. The molecule has 0 N–H and O–H groups in total. The summed E-state index contributed by atoms with van der Waals surface area (Å²) < 4.78 is 29.5. The van der Waals surface area contributed by atoms with Gasteiger partial charge < -0.3 is 0 Å². The van der Waals surface area contributed by atoms with Crippen molar-refractivity contribution < 1.29 is 8.42 Å². The van der Waals surface area contributed by atoms with Crippen LogP contribution in [0, 0.1) is 0 Å². The first-order chi connectivity index (χ1) is 10.1. The maximum atomic E-state index is 13.1.